The lowest BCUT2D eigenvalue weighted by Gasteiger charge is -2.17. The summed E-state index contributed by atoms with van der Waals surface area (Å²) >= 11 is 0. The van der Waals surface area contributed by atoms with Crippen molar-refractivity contribution >= 4 is 27.5 Å². The maximum Gasteiger partial charge on any atom is 0.247 e. The van der Waals surface area contributed by atoms with Gasteiger partial charge in [0.05, 0.1) is 11.4 Å². The van der Waals surface area contributed by atoms with Gasteiger partial charge in [0.2, 0.25) is 21.8 Å². The van der Waals surface area contributed by atoms with Crippen molar-refractivity contribution in [2.75, 3.05) is 18.9 Å². The molecule has 8 nitrogen and oxygen atoms in total. The first-order valence-corrected chi connectivity index (χ1v) is 10.1. The SMILES string of the molecule is CC(=O)Nc1ccc(S(=O)(=O)N(C)CC(=O)n2ccccc2=NC(C)C)cc1. The third-order valence-electron chi connectivity index (χ3n) is 3.74. The summed E-state index contributed by atoms with van der Waals surface area (Å²) in [6.45, 7) is 4.81. The van der Waals surface area contributed by atoms with Crippen LogP contribution >= 0.6 is 0 Å². The second-order valence-electron chi connectivity index (χ2n) is 6.51. The molecule has 150 valence electrons. The maximum atomic E-state index is 12.7. The molecule has 2 aromatic rings. The summed E-state index contributed by atoms with van der Waals surface area (Å²) in [7, 11) is -2.52. The third-order valence-corrected chi connectivity index (χ3v) is 5.56. The molecule has 0 fully saturated rings. The van der Waals surface area contributed by atoms with Crippen molar-refractivity contribution in [2.24, 2.45) is 4.99 Å². The number of likely N-dealkylation sites (N-methyl/N-ethyl adjacent to an activating group) is 1. The van der Waals surface area contributed by atoms with E-state index < -0.39 is 15.9 Å². The number of rotatable bonds is 6. The Morgan fingerprint density at radius 2 is 1.79 bits per heavy atom. The van der Waals surface area contributed by atoms with Gasteiger partial charge in [0.15, 0.2) is 0 Å². The Hall–Kier alpha value is -2.78. The number of benzene rings is 1. The number of anilines is 1. The fraction of sp³-hybridized carbons (Fsp3) is 0.316. The van der Waals surface area contributed by atoms with Crippen molar-refractivity contribution in [1.82, 2.24) is 8.87 Å². The van der Waals surface area contributed by atoms with Crippen molar-refractivity contribution in [3.05, 3.63) is 54.1 Å². The summed E-state index contributed by atoms with van der Waals surface area (Å²) in [5.41, 5.74) is 0.956. The first-order chi connectivity index (χ1) is 13.1. The average molecular weight is 404 g/mol. The summed E-state index contributed by atoms with van der Waals surface area (Å²) in [4.78, 5) is 28.1. The molecular weight excluding hydrogens is 380 g/mol. The van der Waals surface area contributed by atoms with Gasteiger partial charge in [-0.15, -0.1) is 0 Å². The quantitative estimate of drug-likeness (QED) is 0.792. The summed E-state index contributed by atoms with van der Waals surface area (Å²) in [5.74, 6) is -0.665. The Balaban J connectivity index is 2.23. The van der Waals surface area contributed by atoms with Crippen molar-refractivity contribution in [1.29, 1.82) is 0 Å². The van der Waals surface area contributed by atoms with E-state index >= 15 is 0 Å². The van der Waals surface area contributed by atoms with Gasteiger partial charge in [0.25, 0.3) is 0 Å². The number of pyridine rings is 1. The Kier molecular flexibility index (Phi) is 6.87. The Morgan fingerprint density at radius 3 is 2.36 bits per heavy atom. The van der Waals surface area contributed by atoms with Crippen LogP contribution in [-0.2, 0) is 14.8 Å². The van der Waals surface area contributed by atoms with Gasteiger partial charge in [-0.3, -0.25) is 19.1 Å². The molecule has 0 radical (unpaired) electrons. The number of aromatic nitrogens is 1. The Morgan fingerprint density at radius 1 is 1.14 bits per heavy atom. The molecule has 1 heterocycles. The van der Waals surface area contributed by atoms with Crippen LogP contribution in [0.4, 0.5) is 5.69 Å². The number of nitrogens with zero attached hydrogens (tertiary/aromatic N) is 3. The second kappa shape index (κ2) is 8.94. The summed E-state index contributed by atoms with van der Waals surface area (Å²) < 4.78 is 27.8. The van der Waals surface area contributed by atoms with Gasteiger partial charge in [-0.2, -0.15) is 4.31 Å². The monoisotopic (exact) mass is 404 g/mol. The fourth-order valence-electron chi connectivity index (χ4n) is 2.46. The largest absolute Gasteiger partial charge is 0.326 e. The highest BCUT2D eigenvalue weighted by Crippen LogP contribution is 2.17. The van der Waals surface area contributed by atoms with Gasteiger partial charge in [0, 0.05) is 31.9 Å². The number of carbonyl (C=O) groups is 2. The molecule has 1 aromatic carbocycles. The van der Waals surface area contributed by atoms with Gasteiger partial charge >= 0.3 is 0 Å². The first kappa shape index (κ1) is 21.5. The molecule has 0 atom stereocenters. The number of nitrogens with one attached hydrogen (secondary N) is 1. The van der Waals surface area contributed by atoms with Crippen LogP contribution in [0.3, 0.4) is 0 Å². The minimum Gasteiger partial charge on any atom is -0.326 e. The number of sulfonamides is 1. The Bertz CT molecular complexity index is 1020. The van der Waals surface area contributed by atoms with Crippen LogP contribution in [-0.4, -0.2) is 48.7 Å². The average Bonchev–Trinajstić information content (AvgIpc) is 2.61. The minimum absolute atomic E-state index is 0.00922. The van der Waals surface area contributed by atoms with Crippen molar-refractivity contribution in [3.63, 3.8) is 0 Å². The van der Waals surface area contributed by atoms with E-state index in [0.717, 1.165) is 4.31 Å². The molecule has 1 aromatic heterocycles. The fourth-order valence-corrected chi connectivity index (χ4v) is 3.58. The third kappa shape index (κ3) is 5.37. The van der Waals surface area contributed by atoms with E-state index in [0.29, 0.717) is 11.2 Å². The van der Waals surface area contributed by atoms with E-state index in [1.807, 2.05) is 13.8 Å². The van der Waals surface area contributed by atoms with Gasteiger partial charge in [-0.05, 0) is 50.2 Å². The van der Waals surface area contributed by atoms with E-state index in [4.69, 9.17) is 0 Å². The smallest absolute Gasteiger partial charge is 0.247 e. The van der Waals surface area contributed by atoms with Crippen LogP contribution in [0, 0.1) is 0 Å². The molecule has 0 saturated heterocycles. The number of amides is 1. The molecule has 0 spiro atoms. The van der Waals surface area contributed by atoms with Crippen molar-refractivity contribution in [2.45, 2.75) is 31.7 Å². The van der Waals surface area contributed by atoms with Crippen LogP contribution in [0.15, 0.2) is 58.5 Å². The molecule has 0 aliphatic rings. The van der Waals surface area contributed by atoms with Crippen LogP contribution < -0.4 is 10.8 Å². The summed E-state index contributed by atoms with van der Waals surface area (Å²) in [6.07, 6.45) is 1.56. The van der Waals surface area contributed by atoms with Gasteiger partial charge in [-0.1, -0.05) is 6.07 Å². The predicted octanol–water partition coefficient (Wildman–Crippen LogP) is 1.72. The van der Waals surface area contributed by atoms with E-state index in [2.05, 4.69) is 10.3 Å². The number of hydrogen-bond acceptors (Lipinski definition) is 5. The molecule has 0 aliphatic heterocycles. The standard InChI is InChI=1S/C19H24N4O4S/c1-14(2)20-18-7-5-6-12-23(18)19(25)13-22(4)28(26,27)17-10-8-16(9-11-17)21-15(3)24/h5-12,14H,13H2,1-4H3,(H,21,24). The maximum absolute atomic E-state index is 12.7. The second-order valence-corrected chi connectivity index (χ2v) is 8.56. The lowest BCUT2D eigenvalue weighted by atomic mass is 10.3. The normalized spacial score (nSPS) is 12.4. The molecule has 0 bridgehead atoms. The van der Waals surface area contributed by atoms with Crippen LogP contribution in [0.1, 0.15) is 25.6 Å². The predicted molar refractivity (Wildman–Crippen MR) is 106 cm³/mol. The molecular formula is C19H24N4O4S. The zero-order valence-electron chi connectivity index (χ0n) is 16.3. The van der Waals surface area contributed by atoms with Crippen LogP contribution in [0.5, 0.6) is 0 Å². The summed E-state index contributed by atoms with van der Waals surface area (Å²) in [6, 6.07) is 10.9. The first-order valence-electron chi connectivity index (χ1n) is 8.70. The highest BCUT2D eigenvalue weighted by atomic mass is 32.2. The Labute approximate surface area is 164 Å². The van der Waals surface area contributed by atoms with Crippen LogP contribution in [0.25, 0.3) is 0 Å². The van der Waals surface area contributed by atoms with Gasteiger partial charge < -0.3 is 5.32 Å². The van der Waals surface area contributed by atoms with E-state index in [1.54, 1.807) is 24.4 Å². The van der Waals surface area contributed by atoms with Crippen LogP contribution in [0.2, 0.25) is 0 Å². The molecule has 28 heavy (non-hydrogen) atoms. The van der Waals surface area contributed by atoms with Gasteiger partial charge in [0.1, 0.15) is 5.49 Å². The number of hydrogen-bond donors (Lipinski definition) is 1. The van der Waals surface area contributed by atoms with E-state index in [-0.39, 0.29) is 23.4 Å². The molecule has 0 aliphatic carbocycles. The topological polar surface area (TPSA) is 101 Å². The molecule has 9 heteroatoms. The molecule has 2 rings (SSSR count). The number of carbonyl (C=O) groups excluding carboxylic acids is 2. The highest BCUT2D eigenvalue weighted by Gasteiger charge is 2.23. The summed E-state index contributed by atoms with van der Waals surface area (Å²) in [5, 5.41) is 2.57. The van der Waals surface area contributed by atoms with Gasteiger partial charge in [-0.25, -0.2) is 8.42 Å². The lowest BCUT2D eigenvalue weighted by Crippen LogP contribution is -2.38. The van der Waals surface area contributed by atoms with E-state index in [1.165, 1.54) is 42.8 Å². The van der Waals surface area contributed by atoms with Crippen molar-refractivity contribution < 1.29 is 18.0 Å². The molecule has 0 unspecified atom stereocenters. The van der Waals surface area contributed by atoms with E-state index in [9.17, 15) is 18.0 Å². The molecule has 1 N–H and O–H groups in total. The highest BCUT2D eigenvalue weighted by molar-refractivity contribution is 7.89. The molecule has 0 saturated carbocycles. The lowest BCUT2D eigenvalue weighted by molar-refractivity contribution is -0.114. The van der Waals surface area contributed by atoms with Crippen molar-refractivity contribution in [3.8, 4) is 0 Å². The zero-order valence-corrected chi connectivity index (χ0v) is 17.1. The minimum atomic E-state index is -3.87. The molecule has 1 amide bonds. The zero-order chi connectivity index (χ0) is 20.9.